The molecule has 4 heteroatoms. The van der Waals surface area contributed by atoms with Gasteiger partial charge in [0.2, 0.25) is 5.91 Å². The van der Waals surface area contributed by atoms with Crippen LogP contribution in [0.4, 0.5) is 0 Å². The highest BCUT2D eigenvalue weighted by atomic mass is 16.4. The van der Waals surface area contributed by atoms with E-state index in [1.165, 1.54) is 0 Å². The monoisotopic (exact) mass is 249 g/mol. The minimum Gasteiger partial charge on any atom is -0.481 e. The minimum atomic E-state index is -0.869. The first-order chi connectivity index (χ1) is 8.49. The van der Waals surface area contributed by atoms with Crippen LogP contribution in [0.3, 0.4) is 0 Å². The third-order valence-electron chi connectivity index (χ3n) is 2.73. The molecule has 0 radical (unpaired) electrons. The number of carbonyl (C=O) groups excluding carboxylic acids is 1. The molecule has 98 valence electrons. The maximum absolute atomic E-state index is 11.7. The van der Waals surface area contributed by atoms with Crippen LogP contribution in [-0.2, 0) is 9.59 Å². The summed E-state index contributed by atoms with van der Waals surface area (Å²) in [6, 6.07) is 9.61. The average molecular weight is 249 g/mol. The second-order valence-electron chi connectivity index (χ2n) is 4.61. The van der Waals surface area contributed by atoms with E-state index in [9.17, 15) is 9.59 Å². The lowest BCUT2D eigenvalue weighted by Gasteiger charge is -2.15. The fraction of sp³-hybridized carbons (Fsp3) is 0.429. The standard InChI is InChI=1S/C14H19NO3/c1-10(9-14(17)18)8-13(16)15-11(2)12-6-4-3-5-7-12/h3-7,10-11H,8-9H2,1-2H3,(H,15,16)(H,17,18)/t10-,11+/m0/s1. The summed E-state index contributed by atoms with van der Waals surface area (Å²) in [5.41, 5.74) is 1.04. The maximum Gasteiger partial charge on any atom is 0.303 e. The molecule has 0 saturated carbocycles. The maximum atomic E-state index is 11.7. The molecule has 2 atom stereocenters. The van der Waals surface area contributed by atoms with E-state index in [0.29, 0.717) is 0 Å². The minimum absolute atomic E-state index is 0.0210. The van der Waals surface area contributed by atoms with E-state index in [2.05, 4.69) is 5.32 Å². The molecule has 1 aromatic rings. The van der Waals surface area contributed by atoms with Crippen molar-refractivity contribution >= 4 is 11.9 Å². The van der Waals surface area contributed by atoms with Crippen molar-refractivity contribution in [2.24, 2.45) is 5.92 Å². The molecule has 0 unspecified atom stereocenters. The lowest BCUT2D eigenvalue weighted by atomic mass is 10.0. The predicted octanol–water partition coefficient (Wildman–Crippen LogP) is 2.36. The van der Waals surface area contributed by atoms with Crippen LogP contribution >= 0.6 is 0 Å². The zero-order chi connectivity index (χ0) is 13.5. The Hall–Kier alpha value is -1.84. The molecule has 0 aliphatic rings. The Kier molecular flexibility index (Phi) is 5.36. The van der Waals surface area contributed by atoms with Crippen LogP contribution < -0.4 is 5.32 Å². The zero-order valence-corrected chi connectivity index (χ0v) is 10.7. The summed E-state index contributed by atoms with van der Waals surface area (Å²) in [7, 11) is 0. The van der Waals surface area contributed by atoms with Crippen molar-refractivity contribution in [1.82, 2.24) is 5.32 Å². The van der Waals surface area contributed by atoms with Crippen molar-refractivity contribution in [2.75, 3.05) is 0 Å². The SMILES string of the molecule is C[C@H](CC(=O)O)CC(=O)N[C@H](C)c1ccccc1. The van der Waals surface area contributed by atoms with Crippen LogP contribution in [0.1, 0.15) is 38.3 Å². The highest BCUT2D eigenvalue weighted by Gasteiger charge is 2.14. The van der Waals surface area contributed by atoms with Crippen LogP contribution in [0.25, 0.3) is 0 Å². The smallest absolute Gasteiger partial charge is 0.303 e. The average Bonchev–Trinajstić information content (AvgIpc) is 2.28. The number of amides is 1. The molecular weight excluding hydrogens is 230 g/mol. The van der Waals surface area contributed by atoms with Gasteiger partial charge in [0, 0.05) is 12.8 Å². The molecule has 0 aliphatic carbocycles. The van der Waals surface area contributed by atoms with Crippen molar-refractivity contribution in [3.05, 3.63) is 35.9 Å². The highest BCUT2D eigenvalue weighted by molar-refractivity contribution is 5.77. The van der Waals surface area contributed by atoms with E-state index >= 15 is 0 Å². The molecule has 1 amide bonds. The Bertz CT molecular complexity index is 403. The van der Waals surface area contributed by atoms with Gasteiger partial charge in [-0.15, -0.1) is 0 Å². The van der Waals surface area contributed by atoms with Crippen molar-refractivity contribution < 1.29 is 14.7 Å². The fourth-order valence-electron chi connectivity index (χ4n) is 1.81. The number of rotatable bonds is 6. The number of aliphatic carboxylic acids is 1. The molecule has 0 heterocycles. The Labute approximate surface area is 107 Å². The summed E-state index contributed by atoms with van der Waals surface area (Å²) in [5.74, 6) is -1.13. The Morgan fingerprint density at radius 3 is 2.33 bits per heavy atom. The van der Waals surface area contributed by atoms with Gasteiger partial charge in [-0.05, 0) is 18.4 Å². The summed E-state index contributed by atoms with van der Waals surface area (Å²) in [4.78, 5) is 22.2. The molecule has 2 N–H and O–H groups in total. The van der Waals surface area contributed by atoms with E-state index in [0.717, 1.165) is 5.56 Å². The Morgan fingerprint density at radius 2 is 1.78 bits per heavy atom. The van der Waals surface area contributed by atoms with Crippen LogP contribution in [0.15, 0.2) is 30.3 Å². The Morgan fingerprint density at radius 1 is 1.17 bits per heavy atom. The summed E-state index contributed by atoms with van der Waals surface area (Å²) < 4.78 is 0. The number of hydrogen-bond acceptors (Lipinski definition) is 2. The molecule has 0 fully saturated rings. The second-order valence-corrected chi connectivity index (χ2v) is 4.61. The molecule has 1 rings (SSSR count). The van der Waals surface area contributed by atoms with Crippen molar-refractivity contribution in [3.8, 4) is 0 Å². The topological polar surface area (TPSA) is 66.4 Å². The van der Waals surface area contributed by atoms with Crippen molar-refractivity contribution in [2.45, 2.75) is 32.7 Å². The van der Waals surface area contributed by atoms with Crippen LogP contribution in [-0.4, -0.2) is 17.0 Å². The van der Waals surface area contributed by atoms with E-state index in [4.69, 9.17) is 5.11 Å². The van der Waals surface area contributed by atoms with Gasteiger partial charge in [0.05, 0.1) is 6.04 Å². The normalized spacial score (nSPS) is 13.7. The summed E-state index contributed by atoms with van der Waals surface area (Å²) >= 11 is 0. The van der Waals surface area contributed by atoms with Crippen molar-refractivity contribution in [3.63, 3.8) is 0 Å². The molecule has 18 heavy (non-hydrogen) atoms. The van der Waals surface area contributed by atoms with Gasteiger partial charge in [0.15, 0.2) is 0 Å². The first-order valence-corrected chi connectivity index (χ1v) is 6.05. The van der Waals surface area contributed by atoms with E-state index < -0.39 is 5.97 Å². The number of carboxylic acid groups (broad SMARTS) is 1. The van der Waals surface area contributed by atoms with E-state index in [1.807, 2.05) is 37.3 Å². The van der Waals surface area contributed by atoms with Gasteiger partial charge in [0.25, 0.3) is 0 Å². The Balaban J connectivity index is 2.43. The van der Waals surface area contributed by atoms with E-state index in [-0.39, 0.29) is 30.7 Å². The van der Waals surface area contributed by atoms with Gasteiger partial charge in [0.1, 0.15) is 0 Å². The molecule has 0 aromatic heterocycles. The second kappa shape index (κ2) is 6.79. The quantitative estimate of drug-likeness (QED) is 0.813. The van der Waals surface area contributed by atoms with Gasteiger partial charge >= 0.3 is 5.97 Å². The molecule has 0 aliphatic heterocycles. The van der Waals surface area contributed by atoms with Gasteiger partial charge in [-0.25, -0.2) is 0 Å². The molecule has 4 nitrogen and oxygen atoms in total. The van der Waals surface area contributed by atoms with E-state index in [1.54, 1.807) is 6.92 Å². The molecule has 0 bridgehead atoms. The van der Waals surface area contributed by atoms with Crippen LogP contribution in [0.2, 0.25) is 0 Å². The largest absolute Gasteiger partial charge is 0.481 e. The molecule has 0 saturated heterocycles. The number of hydrogen-bond donors (Lipinski definition) is 2. The number of carboxylic acids is 1. The van der Waals surface area contributed by atoms with Gasteiger partial charge in [-0.3, -0.25) is 9.59 Å². The van der Waals surface area contributed by atoms with Gasteiger partial charge < -0.3 is 10.4 Å². The van der Waals surface area contributed by atoms with Crippen LogP contribution in [0, 0.1) is 5.92 Å². The fourth-order valence-corrected chi connectivity index (χ4v) is 1.81. The third kappa shape index (κ3) is 4.99. The number of benzene rings is 1. The van der Waals surface area contributed by atoms with Crippen LogP contribution in [0.5, 0.6) is 0 Å². The molecular formula is C14H19NO3. The van der Waals surface area contributed by atoms with Gasteiger partial charge in [-0.1, -0.05) is 37.3 Å². The molecule has 0 spiro atoms. The first-order valence-electron chi connectivity index (χ1n) is 6.05. The number of nitrogens with one attached hydrogen (secondary N) is 1. The lowest BCUT2D eigenvalue weighted by Crippen LogP contribution is -2.28. The predicted molar refractivity (Wildman–Crippen MR) is 69.0 cm³/mol. The van der Waals surface area contributed by atoms with Crippen molar-refractivity contribution in [1.29, 1.82) is 0 Å². The lowest BCUT2D eigenvalue weighted by molar-refractivity contribution is -0.138. The molecule has 1 aromatic carbocycles. The highest BCUT2D eigenvalue weighted by Crippen LogP contribution is 2.13. The number of carbonyl (C=O) groups is 2. The summed E-state index contributed by atoms with van der Waals surface area (Å²) in [6.45, 7) is 3.68. The zero-order valence-electron chi connectivity index (χ0n) is 10.7. The summed E-state index contributed by atoms with van der Waals surface area (Å²) in [5, 5.41) is 11.5. The third-order valence-corrected chi connectivity index (χ3v) is 2.73. The first kappa shape index (κ1) is 14.2. The van der Waals surface area contributed by atoms with Gasteiger partial charge in [-0.2, -0.15) is 0 Å². The summed E-state index contributed by atoms with van der Waals surface area (Å²) in [6.07, 6.45) is 0.261.